The van der Waals surface area contributed by atoms with Crippen molar-refractivity contribution in [3.8, 4) is 0 Å². The molecule has 25 heavy (non-hydrogen) atoms. The zero-order valence-electron chi connectivity index (χ0n) is 14.5. The molecule has 2 rings (SSSR count). The third-order valence-electron chi connectivity index (χ3n) is 3.56. The second kappa shape index (κ2) is 8.62. The average molecular weight is 362 g/mol. The molecule has 0 aliphatic carbocycles. The van der Waals surface area contributed by atoms with E-state index in [0.717, 1.165) is 22.9 Å². The van der Waals surface area contributed by atoms with Crippen molar-refractivity contribution in [3.05, 3.63) is 46.1 Å². The van der Waals surface area contributed by atoms with Crippen LogP contribution in [0.3, 0.4) is 0 Å². The minimum absolute atomic E-state index is 0.152. The fourth-order valence-electron chi connectivity index (χ4n) is 2.30. The molecule has 132 valence electrons. The third kappa shape index (κ3) is 4.57. The zero-order valence-corrected chi connectivity index (χ0v) is 15.2. The maximum atomic E-state index is 12.1. The summed E-state index contributed by atoms with van der Waals surface area (Å²) < 4.78 is 9.86. The van der Waals surface area contributed by atoms with E-state index in [-0.39, 0.29) is 23.9 Å². The fourth-order valence-corrected chi connectivity index (χ4v) is 2.50. The van der Waals surface area contributed by atoms with Crippen molar-refractivity contribution in [2.75, 3.05) is 13.2 Å². The number of benzene rings is 1. The number of esters is 2. The minimum Gasteiger partial charge on any atom is -0.462 e. The first kappa shape index (κ1) is 18.9. The maximum Gasteiger partial charge on any atom is 0.345 e. The Balaban J connectivity index is 2.52. The summed E-state index contributed by atoms with van der Waals surface area (Å²) in [5.41, 5.74) is 2.15. The first-order chi connectivity index (χ1) is 12.0. The molecule has 0 aliphatic heterocycles. The Bertz CT molecular complexity index is 810. The second-order valence-corrected chi connectivity index (χ2v) is 5.61. The first-order valence-corrected chi connectivity index (χ1v) is 8.53. The molecular formula is C19H20ClNO4. The minimum atomic E-state index is -0.751. The third-order valence-corrected chi connectivity index (χ3v) is 3.86. The molecule has 0 saturated carbocycles. The predicted molar refractivity (Wildman–Crippen MR) is 97.4 cm³/mol. The monoisotopic (exact) mass is 361 g/mol. The van der Waals surface area contributed by atoms with Gasteiger partial charge >= 0.3 is 11.9 Å². The average Bonchev–Trinajstić information content (AvgIpc) is 2.59. The van der Waals surface area contributed by atoms with Gasteiger partial charge in [-0.15, -0.1) is 0 Å². The van der Waals surface area contributed by atoms with E-state index in [9.17, 15) is 9.59 Å². The van der Waals surface area contributed by atoms with Crippen LogP contribution in [0.2, 0.25) is 5.15 Å². The number of hydrogen-bond donors (Lipinski definition) is 0. The predicted octanol–water partition coefficient (Wildman–Crippen LogP) is 3.96. The van der Waals surface area contributed by atoms with Crippen molar-refractivity contribution >= 4 is 40.5 Å². The van der Waals surface area contributed by atoms with E-state index in [4.69, 9.17) is 21.1 Å². The van der Waals surface area contributed by atoms with Crippen molar-refractivity contribution in [1.29, 1.82) is 0 Å². The number of hydrogen-bond acceptors (Lipinski definition) is 5. The van der Waals surface area contributed by atoms with Crippen molar-refractivity contribution in [1.82, 2.24) is 4.98 Å². The summed E-state index contributed by atoms with van der Waals surface area (Å²) in [5.74, 6) is -1.50. The van der Waals surface area contributed by atoms with Gasteiger partial charge in [-0.1, -0.05) is 30.7 Å². The van der Waals surface area contributed by atoms with Gasteiger partial charge in [0.25, 0.3) is 0 Å². The summed E-state index contributed by atoms with van der Waals surface area (Å²) in [4.78, 5) is 28.5. The molecule has 1 aromatic heterocycles. The number of ether oxygens (including phenoxy) is 2. The SMILES string of the molecule is CCOC(=O)C(=Cc1cc2ccc(CC)cc2nc1Cl)C(=O)OCC. The summed E-state index contributed by atoms with van der Waals surface area (Å²) in [6.07, 6.45) is 2.26. The Morgan fingerprint density at radius 3 is 2.28 bits per heavy atom. The highest BCUT2D eigenvalue weighted by Crippen LogP contribution is 2.24. The number of nitrogens with zero attached hydrogens (tertiary/aromatic N) is 1. The molecule has 0 atom stereocenters. The van der Waals surface area contributed by atoms with Gasteiger partial charge in [0.05, 0.1) is 18.7 Å². The molecule has 0 fully saturated rings. The van der Waals surface area contributed by atoms with E-state index < -0.39 is 11.9 Å². The Morgan fingerprint density at radius 1 is 1.08 bits per heavy atom. The van der Waals surface area contributed by atoms with E-state index >= 15 is 0 Å². The molecule has 1 aromatic carbocycles. The van der Waals surface area contributed by atoms with Crippen LogP contribution in [0.4, 0.5) is 0 Å². The maximum absolute atomic E-state index is 12.1. The lowest BCUT2D eigenvalue weighted by Crippen LogP contribution is -2.18. The van der Waals surface area contributed by atoms with Crippen LogP contribution < -0.4 is 0 Å². The van der Waals surface area contributed by atoms with E-state index in [2.05, 4.69) is 11.9 Å². The highest BCUT2D eigenvalue weighted by Gasteiger charge is 2.21. The highest BCUT2D eigenvalue weighted by atomic mass is 35.5. The molecule has 2 aromatic rings. The molecule has 6 heteroatoms. The van der Waals surface area contributed by atoms with Gasteiger partial charge in [0.1, 0.15) is 10.7 Å². The van der Waals surface area contributed by atoms with Crippen molar-refractivity contribution in [2.45, 2.75) is 27.2 Å². The standard InChI is InChI=1S/C19H20ClNO4/c1-4-12-7-8-13-10-14(17(20)21-16(13)9-12)11-15(18(22)24-5-2)19(23)25-6-3/h7-11H,4-6H2,1-3H3. The largest absolute Gasteiger partial charge is 0.462 e. The van der Waals surface area contributed by atoms with E-state index in [0.29, 0.717) is 5.56 Å². The Labute approximate surface area is 151 Å². The Hall–Kier alpha value is -2.40. The summed E-state index contributed by atoms with van der Waals surface area (Å²) in [7, 11) is 0. The molecule has 0 saturated heterocycles. The highest BCUT2D eigenvalue weighted by molar-refractivity contribution is 6.32. The van der Waals surface area contributed by atoms with Crippen LogP contribution in [0.15, 0.2) is 29.8 Å². The van der Waals surface area contributed by atoms with Crippen LogP contribution >= 0.6 is 11.6 Å². The Kier molecular flexibility index (Phi) is 6.53. The molecule has 0 bridgehead atoms. The first-order valence-electron chi connectivity index (χ1n) is 8.15. The van der Waals surface area contributed by atoms with Gasteiger partial charge in [-0.2, -0.15) is 0 Å². The number of pyridine rings is 1. The Morgan fingerprint density at radius 2 is 1.72 bits per heavy atom. The number of aryl methyl sites for hydroxylation is 1. The van der Waals surface area contributed by atoms with Crippen molar-refractivity contribution in [3.63, 3.8) is 0 Å². The van der Waals surface area contributed by atoms with Crippen LogP contribution in [0.5, 0.6) is 0 Å². The molecule has 5 nitrogen and oxygen atoms in total. The summed E-state index contributed by atoms with van der Waals surface area (Å²) in [6.45, 7) is 5.69. The van der Waals surface area contributed by atoms with E-state index in [1.165, 1.54) is 6.08 Å². The van der Waals surface area contributed by atoms with Gasteiger partial charge in [-0.25, -0.2) is 14.6 Å². The molecular weight excluding hydrogens is 342 g/mol. The van der Waals surface area contributed by atoms with Crippen molar-refractivity contribution in [2.24, 2.45) is 0 Å². The lowest BCUT2D eigenvalue weighted by atomic mass is 10.1. The summed E-state index contributed by atoms with van der Waals surface area (Å²) >= 11 is 6.25. The quantitative estimate of drug-likeness (QED) is 0.256. The molecule has 0 unspecified atom stereocenters. The van der Waals surface area contributed by atoms with Gasteiger partial charge in [-0.05, 0) is 44.0 Å². The lowest BCUT2D eigenvalue weighted by molar-refractivity contribution is -0.146. The van der Waals surface area contributed by atoms with Crippen LogP contribution in [-0.4, -0.2) is 30.1 Å². The summed E-state index contributed by atoms with van der Waals surface area (Å²) in [6, 6.07) is 7.68. The van der Waals surface area contributed by atoms with Gasteiger partial charge in [0.15, 0.2) is 0 Å². The summed E-state index contributed by atoms with van der Waals surface area (Å²) in [5, 5.41) is 1.06. The van der Waals surface area contributed by atoms with Gasteiger partial charge in [0.2, 0.25) is 0 Å². The fraction of sp³-hybridized carbons (Fsp3) is 0.316. The molecule has 0 N–H and O–H groups in total. The number of halogens is 1. The molecule has 0 spiro atoms. The number of carbonyl (C=O) groups excluding carboxylic acids is 2. The number of fused-ring (bicyclic) bond motifs is 1. The topological polar surface area (TPSA) is 65.5 Å². The van der Waals surface area contributed by atoms with E-state index in [1.807, 2.05) is 18.2 Å². The normalized spacial score (nSPS) is 10.4. The van der Waals surface area contributed by atoms with Crippen LogP contribution in [0.1, 0.15) is 31.9 Å². The number of rotatable bonds is 6. The van der Waals surface area contributed by atoms with Crippen LogP contribution in [-0.2, 0) is 25.5 Å². The number of carbonyl (C=O) groups is 2. The zero-order chi connectivity index (χ0) is 18.4. The molecule has 0 aliphatic rings. The van der Waals surface area contributed by atoms with Crippen LogP contribution in [0.25, 0.3) is 17.0 Å². The van der Waals surface area contributed by atoms with Crippen LogP contribution in [0, 0.1) is 0 Å². The second-order valence-electron chi connectivity index (χ2n) is 5.25. The van der Waals surface area contributed by atoms with Crippen molar-refractivity contribution < 1.29 is 19.1 Å². The lowest BCUT2D eigenvalue weighted by Gasteiger charge is -2.08. The van der Waals surface area contributed by atoms with Gasteiger partial charge in [-0.3, -0.25) is 0 Å². The molecule has 1 heterocycles. The van der Waals surface area contributed by atoms with Gasteiger partial charge < -0.3 is 9.47 Å². The molecule has 0 radical (unpaired) electrons. The number of aromatic nitrogens is 1. The van der Waals surface area contributed by atoms with Gasteiger partial charge in [0, 0.05) is 10.9 Å². The molecule has 0 amide bonds. The smallest absolute Gasteiger partial charge is 0.345 e. The van der Waals surface area contributed by atoms with E-state index in [1.54, 1.807) is 19.9 Å².